The first-order valence-corrected chi connectivity index (χ1v) is 6.85. The minimum Gasteiger partial charge on any atom is -0.497 e. The van der Waals surface area contributed by atoms with Crippen molar-refractivity contribution in [3.05, 3.63) is 36.0 Å². The molecule has 106 valence electrons. The number of hydrogen-bond donors (Lipinski definition) is 0. The Morgan fingerprint density at radius 2 is 1.95 bits per heavy atom. The molecule has 1 aliphatic carbocycles. The van der Waals surface area contributed by atoms with E-state index in [9.17, 15) is 0 Å². The smallest absolute Gasteiger partial charge is 0.229 e. The summed E-state index contributed by atoms with van der Waals surface area (Å²) in [6, 6.07) is 7.41. The monoisotopic (exact) mass is 274 g/mol. The SMILES string of the molecule is COc1ccc(OCc2noc([C@H](C)C3CC3)n2)cc1. The van der Waals surface area contributed by atoms with Crippen LogP contribution in [0.3, 0.4) is 0 Å². The molecule has 5 nitrogen and oxygen atoms in total. The van der Waals surface area contributed by atoms with Gasteiger partial charge in [-0.3, -0.25) is 0 Å². The molecule has 0 unspecified atom stereocenters. The number of ether oxygens (including phenoxy) is 2. The van der Waals surface area contributed by atoms with Crippen LogP contribution in [0.2, 0.25) is 0 Å². The van der Waals surface area contributed by atoms with Crippen molar-refractivity contribution in [1.29, 1.82) is 0 Å². The molecular formula is C15H18N2O3. The highest BCUT2D eigenvalue weighted by molar-refractivity contribution is 5.31. The third kappa shape index (κ3) is 2.92. The topological polar surface area (TPSA) is 57.4 Å². The van der Waals surface area contributed by atoms with Crippen molar-refractivity contribution in [1.82, 2.24) is 10.1 Å². The van der Waals surface area contributed by atoms with E-state index in [0.717, 1.165) is 17.4 Å². The van der Waals surface area contributed by atoms with Gasteiger partial charge in [-0.2, -0.15) is 4.98 Å². The van der Waals surface area contributed by atoms with Crippen LogP contribution in [0.15, 0.2) is 28.8 Å². The molecule has 1 aromatic heterocycles. The standard InChI is InChI=1S/C15H18N2O3/c1-10(11-3-4-11)15-16-14(17-20-15)9-19-13-7-5-12(18-2)6-8-13/h5-8,10-11H,3-4,9H2,1-2H3/t10-/m1/s1. The van der Waals surface area contributed by atoms with Gasteiger partial charge in [0.15, 0.2) is 6.61 Å². The number of rotatable bonds is 6. The summed E-state index contributed by atoms with van der Waals surface area (Å²) in [5, 5.41) is 3.96. The van der Waals surface area contributed by atoms with Crippen LogP contribution in [0.1, 0.15) is 37.4 Å². The molecule has 1 saturated carbocycles. The summed E-state index contributed by atoms with van der Waals surface area (Å²) in [5.74, 6) is 3.94. The van der Waals surface area contributed by atoms with E-state index in [4.69, 9.17) is 14.0 Å². The second-order valence-electron chi connectivity index (χ2n) is 5.14. The van der Waals surface area contributed by atoms with Crippen LogP contribution in [0.25, 0.3) is 0 Å². The van der Waals surface area contributed by atoms with Crippen molar-refractivity contribution in [2.24, 2.45) is 5.92 Å². The summed E-state index contributed by atoms with van der Waals surface area (Å²) in [6.07, 6.45) is 2.53. The maximum atomic E-state index is 5.62. The van der Waals surface area contributed by atoms with Crippen molar-refractivity contribution in [2.75, 3.05) is 7.11 Å². The molecule has 1 aliphatic rings. The molecule has 0 N–H and O–H groups in total. The van der Waals surface area contributed by atoms with Crippen LogP contribution >= 0.6 is 0 Å². The average Bonchev–Trinajstić information content (AvgIpc) is 3.23. The lowest BCUT2D eigenvalue weighted by Gasteiger charge is -2.04. The Bertz CT molecular complexity index is 561. The maximum Gasteiger partial charge on any atom is 0.229 e. The third-order valence-corrected chi connectivity index (χ3v) is 3.63. The van der Waals surface area contributed by atoms with Gasteiger partial charge in [-0.1, -0.05) is 12.1 Å². The predicted octanol–water partition coefficient (Wildman–Crippen LogP) is 3.17. The molecule has 0 aliphatic heterocycles. The largest absolute Gasteiger partial charge is 0.497 e. The van der Waals surface area contributed by atoms with Crippen LogP contribution in [0, 0.1) is 5.92 Å². The molecule has 5 heteroatoms. The van der Waals surface area contributed by atoms with Gasteiger partial charge in [0.2, 0.25) is 11.7 Å². The second-order valence-corrected chi connectivity index (χ2v) is 5.14. The van der Waals surface area contributed by atoms with Gasteiger partial charge in [-0.15, -0.1) is 0 Å². The highest BCUT2D eigenvalue weighted by atomic mass is 16.5. The Labute approximate surface area is 117 Å². The van der Waals surface area contributed by atoms with E-state index < -0.39 is 0 Å². The molecule has 2 aromatic rings. The third-order valence-electron chi connectivity index (χ3n) is 3.63. The first kappa shape index (κ1) is 13.0. The van der Waals surface area contributed by atoms with Crippen molar-refractivity contribution in [3.63, 3.8) is 0 Å². The van der Waals surface area contributed by atoms with Crippen molar-refractivity contribution in [3.8, 4) is 11.5 Å². The summed E-state index contributed by atoms with van der Waals surface area (Å²) in [5.41, 5.74) is 0. The molecule has 0 bridgehead atoms. The highest BCUT2D eigenvalue weighted by Crippen LogP contribution is 2.41. The minimum absolute atomic E-state index is 0.313. The van der Waals surface area contributed by atoms with Crippen LogP contribution in [0.5, 0.6) is 11.5 Å². The Morgan fingerprint density at radius 1 is 1.25 bits per heavy atom. The molecule has 0 spiro atoms. The Balaban J connectivity index is 1.57. The zero-order chi connectivity index (χ0) is 13.9. The summed E-state index contributed by atoms with van der Waals surface area (Å²) in [7, 11) is 1.64. The van der Waals surface area contributed by atoms with Gasteiger partial charge < -0.3 is 14.0 Å². The number of benzene rings is 1. The van der Waals surface area contributed by atoms with Gasteiger partial charge in [0.25, 0.3) is 0 Å². The van der Waals surface area contributed by atoms with Crippen LogP contribution in [0.4, 0.5) is 0 Å². The van der Waals surface area contributed by atoms with Crippen LogP contribution in [-0.2, 0) is 6.61 Å². The van der Waals surface area contributed by atoms with Gasteiger partial charge in [0.05, 0.1) is 7.11 Å². The molecule has 1 heterocycles. The summed E-state index contributed by atoms with van der Waals surface area (Å²) in [6.45, 7) is 2.45. The molecule has 1 atom stereocenters. The fraction of sp³-hybridized carbons (Fsp3) is 0.467. The first-order chi connectivity index (χ1) is 9.76. The molecule has 0 radical (unpaired) electrons. The van der Waals surface area contributed by atoms with E-state index in [-0.39, 0.29) is 0 Å². The van der Waals surface area contributed by atoms with E-state index in [0.29, 0.717) is 24.3 Å². The summed E-state index contributed by atoms with van der Waals surface area (Å²) >= 11 is 0. The number of methoxy groups -OCH3 is 1. The fourth-order valence-corrected chi connectivity index (χ4v) is 2.13. The zero-order valence-electron chi connectivity index (χ0n) is 11.7. The second kappa shape index (κ2) is 5.53. The fourth-order valence-electron chi connectivity index (χ4n) is 2.13. The van der Waals surface area contributed by atoms with E-state index in [2.05, 4.69) is 17.1 Å². The minimum atomic E-state index is 0.313. The molecule has 1 fully saturated rings. The Hall–Kier alpha value is -2.04. The Morgan fingerprint density at radius 3 is 2.60 bits per heavy atom. The molecule has 0 amide bonds. The van der Waals surface area contributed by atoms with Crippen LogP contribution in [-0.4, -0.2) is 17.3 Å². The molecule has 20 heavy (non-hydrogen) atoms. The van der Waals surface area contributed by atoms with Crippen molar-refractivity contribution < 1.29 is 14.0 Å². The van der Waals surface area contributed by atoms with Crippen molar-refractivity contribution >= 4 is 0 Å². The Kier molecular flexibility index (Phi) is 3.58. The normalized spacial score (nSPS) is 15.9. The van der Waals surface area contributed by atoms with E-state index >= 15 is 0 Å². The summed E-state index contributed by atoms with van der Waals surface area (Å²) < 4.78 is 16.0. The first-order valence-electron chi connectivity index (χ1n) is 6.85. The highest BCUT2D eigenvalue weighted by Gasteiger charge is 2.32. The van der Waals surface area contributed by atoms with Crippen molar-refractivity contribution in [2.45, 2.75) is 32.3 Å². The lowest BCUT2D eigenvalue weighted by Crippen LogP contribution is -1.99. The molecular weight excluding hydrogens is 256 g/mol. The zero-order valence-corrected chi connectivity index (χ0v) is 11.7. The molecule has 3 rings (SSSR count). The van der Waals surface area contributed by atoms with E-state index in [1.54, 1.807) is 7.11 Å². The molecule has 0 saturated heterocycles. The number of aromatic nitrogens is 2. The average molecular weight is 274 g/mol. The van der Waals surface area contributed by atoms with Gasteiger partial charge in [0, 0.05) is 5.92 Å². The van der Waals surface area contributed by atoms with Gasteiger partial charge in [-0.25, -0.2) is 0 Å². The van der Waals surface area contributed by atoms with E-state index in [1.807, 2.05) is 24.3 Å². The van der Waals surface area contributed by atoms with Gasteiger partial charge in [0.1, 0.15) is 11.5 Å². The quantitative estimate of drug-likeness (QED) is 0.809. The van der Waals surface area contributed by atoms with Gasteiger partial charge in [-0.05, 0) is 43.0 Å². The van der Waals surface area contributed by atoms with Gasteiger partial charge >= 0.3 is 0 Å². The molecule has 1 aromatic carbocycles. The predicted molar refractivity (Wildman–Crippen MR) is 72.8 cm³/mol. The number of nitrogens with zero attached hydrogens (tertiary/aromatic N) is 2. The lowest BCUT2D eigenvalue weighted by molar-refractivity contribution is 0.283. The van der Waals surface area contributed by atoms with E-state index in [1.165, 1.54) is 12.8 Å². The maximum absolute atomic E-state index is 5.62. The van der Waals surface area contributed by atoms with Crippen LogP contribution < -0.4 is 9.47 Å². The summed E-state index contributed by atoms with van der Waals surface area (Å²) in [4.78, 5) is 4.39. The number of hydrogen-bond acceptors (Lipinski definition) is 5. The lowest BCUT2D eigenvalue weighted by atomic mass is 10.1.